The van der Waals surface area contributed by atoms with E-state index >= 15 is 0 Å². The van der Waals surface area contributed by atoms with Crippen LogP contribution < -0.4 is 14.8 Å². The molecular formula is C21H18N2O5. The zero-order chi connectivity index (χ0) is 19.9. The first-order valence-corrected chi connectivity index (χ1v) is 8.64. The fourth-order valence-corrected chi connectivity index (χ4v) is 2.47. The maximum absolute atomic E-state index is 12.2. The van der Waals surface area contributed by atoms with Gasteiger partial charge in [0.25, 0.3) is 5.91 Å². The van der Waals surface area contributed by atoms with E-state index in [0.717, 1.165) is 5.56 Å². The van der Waals surface area contributed by atoms with Crippen LogP contribution in [-0.4, -0.2) is 31.2 Å². The van der Waals surface area contributed by atoms with Gasteiger partial charge in [-0.3, -0.25) is 4.79 Å². The summed E-state index contributed by atoms with van der Waals surface area (Å²) in [4.78, 5) is 24.2. The molecule has 0 aromatic heterocycles. The highest BCUT2D eigenvalue weighted by Gasteiger charge is 2.18. The molecule has 2 aromatic rings. The van der Waals surface area contributed by atoms with E-state index in [1.54, 1.807) is 48.5 Å². The first-order chi connectivity index (χ1) is 13.5. The largest absolute Gasteiger partial charge is 0.486 e. The number of nitrogens with zero attached hydrogens (tertiary/aromatic N) is 1. The number of ether oxygens (including phenoxy) is 3. The molecule has 1 aliphatic rings. The smallest absolute Gasteiger partial charge is 0.331 e. The van der Waals surface area contributed by atoms with Gasteiger partial charge in [-0.05, 0) is 42.8 Å². The van der Waals surface area contributed by atoms with E-state index in [9.17, 15) is 9.59 Å². The van der Waals surface area contributed by atoms with Crippen molar-refractivity contribution in [3.8, 4) is 17.6 Å². The van der Waals surface area contributed by atoms with E-state index in [1.165, 1.54) is 13.0 Å². The Morgan fingerprint density at radius 3 is 2.57 bits per heavy atom. The molecule has 0 spiro atoms. The number of benzene rings is 2. The molecule has 142 valence electrons. The summed E-state index contributed by atoms with van der Waals surface area (Å²) < 4.78 is 16.0. The lowest BCUT2D eigenvalue weighted by Gasteiger charge is -2.19. The Hall–Kier alpha value is -3.79. The number of hydrogen-bond donors (Lipinski definition) is 1. The summed E-state index contributed by atoms with van der Waals surface area (Å²) in [5.74, 6) is 0.0710. The third-order valence-corrected chi connectivity index (χ3v) is 3.92. The number of amides is 1. The summed E-state index contributed by atoms with van der Waals surface area (Å²) in [6.07, 6.45) is 1.80. The SMILES string of the molecule is C[C@@H](OC(=O)/C=C/c1ccc(C#N)cc1)C(=O)Nc1ccc2c(c1)OCCO2. The lowest BCUT2D eigenvalue weighted by atomic mass is 10.1. The topological polar surface area (TPSA) is 97.7 Å². The maximum Gasteiger partial charge on any atom is 0.331 e. The summed E-state index contributed by atoms with van der Waals surface area (Å²) in [6.45, 7) is 2.42. The molecule has 0 fully saturated rings. The first-order valence-electron chi connectivity index (χ1n) is 8.64. The fourth-order valence-electron chi connectivity index (χ4n) is 2.47. The Bertz CT molecular complexity index is 944. The van der Waals surface area contributed by atoms with E-state index in [0.29, 0.717) is 36.0 Å². The molecule has 7 heteroatoms. The van der Waals surface area contributed by atoms with Crippen molar-refractivity contribution in [1.82, 2.24) is 0 Å². The standard InChI is InChI=1S/C21H18N2O5/c1-14(28-20(24)9-6-15-2-4-16(13-22)5-3-15)21(25)23-17-7-8-18-19(12-17)27-11-10-26-18/h2-9,12,14H,10-11H2,1H3,(H,23,25)/b9-6+/t14-/m1/s1. The van der Waals surface area contributed by atoms with Crippen molar-refractivity contribution in [2.24, 2.45) is 0 Å². The number of anilines is 1. The minimum atomic E-state index is -0.980. The monoisotopic (exact) mass is 378 g/mol. The lowest BCUT2D eigenvalue weighted by molar-refractivity contribution is -0.148. The van der Waals surface area contributed by atoms with Crippen LogP contribution in [0.4, 0.5) is 5.69 Å². The molecule has 1 aliphatic heterocycles. The Balaban J connectivity index is 1.53. The van der Waals surface area contributed by atoms with E-state index in [1.807, 2.05) is 6.07 Å². The van der Waals surface area contributed by atoms with Crippen LogP contribution in [-0.2, 0) is 14.3 Å². The van der Waals surface area contributed by atoms with Crippen LogP contribution >= 0.6 is 0 Å². The van der Waals surface area contributed by atoms with Crippen LogP contribution in [0.25, 0.3) is 6.08 Å². The van der Waals surface area contributed by atoms with Gasteiger partial charge < -0.3 is 19.5 Å². The predicted molar refractivity (Wildman–Crippen MR) is 102 cm³/mol. The molecular weight excluding hydrogens is 360 g/mol. The van der Waals surface area contributed by atoms with Crippen molar-refractivity contribution in [1.29, 1.82) is 5.26 Å². The highest BCUT2D eigenvalue weighted by Crippen LogP contribution is 2.32. The van der Waals surface area contributed by atoms with Gasteiger partial charge in [0.2, 0.25) is 0 Å². The van der Waals surface area contributed by atoms with Crippen molar-refractivity contribution in [2.45, 2.75) is 13.0 Å². The zero-order valence-corrected chi connectivity index (χ0v) is 15.2. The van der Waals surface area contributed by atoms with Gasteiger partial charge in [-0.25, -0.2) is 4.79 Å². The van der Waals surface area contributed by atoms with Gasteiger partial charge in [-0.2, -0.15) is 5.26 Å². The number of carbonyl (C=O) groups is 2. The molecule has 28 heavy (non-hydrogen) atoms. The van der Waals surface area contributed by atoms with Gasteiger partial charge in [0.15, 0.2) is 17.6 Å². The van der Waals surface area contributed by atoms with E-state index in [4.69, 9.17) is 19.5 Å². The minimum Gasteiger partial charge on any atom is -0.486 e. The van der Waals surface area contributed by atoms with Crippen LogP contribution in [0.15, 0.2) is 48.5 Å². The highest BCUT2D eigenvalue weighted by atomic mass is 16.6. The number of fused-ring (bicyclic) bond motifs is 1. The maximum atomic E-state index is 12.2. The van der Waals surface area contributed by atoms with Gasteiger partial charge in [0.1, 0.15) is 13.2 Å². The van der Waals surface area contributed by atoms with Gasteiger partial charge >= 0.3 is 5.97 Å². The molecule has 1 amide bonds. The Labute approximate surface area is 162 Å². The van der Waals surface area contributed by atoms with Crippen LogP contribution in [0.2, 0.25) is 0 Å². The Morgan fingerprint density at radius 2 is 1.86 bits per heavy atom. The lowest BCUT2D eigenvalue weighted by Crippen LogP contribution is -2.29. The molecule has 2 aromatic carbocycles. The summed E-state index contributed by atoms with van der Waals surface area (Å²) >= 11 is 0. The molecule has 0 unspecified atom stereocenters. The molecule has 7 nitrogen and oxygen atoms in total. The third-order valence-electron chi connectivity index (χ3n) is 3.92. The van der Waals surface area contributed by atoms with Gasteiger partial charge in [-0.1, -0.05) is 12.1 Å². The van der Waals surface area contributed by atoms with Crippen LogP contribution in [0.3, 0.4) is 0 Å². The normalized spacial score (nSPS) is 13.4. The molecule has 0 aliphatic carbocycles. The Morgan fingerprint density at radius 1 is 1.14 bits per heavy atom. The first kappa shape index (κ1) is 19.0. The molecule has 0 bridgehead atoms. The summed E-state index contributed by atoms with van der Waals surface area (Å²) in [6, 6.07) is 13.8. The minimum absolute atomic E-state index is 0.448. The number of esters is 1. The molecule has 0 saturated heterocycles. The van der Waals surface area contributed by atoms with E-state index in [2.05, 4.69) is 5.32 Å². The van der Waals surface area contributed by atoms with Crippen LogP contribution in [0.5, 0.6) is 11.5 Å². The number of nitrogens with one attached hydrogen (secondary N) is 1. The van der Waals surface area contributed by atoms with E-state index in [-0.39, 0.29) is 0 Å². The van der Waals surface area contributed by atoms with Gasteiger partial charge in [0, 0.05) is 17.8 Å². The van der Waals surface area contributed by atoms with Crippen molar-refractivity contribution < 1.29 is 23.8 Å². The summed E-state index contributed by atoms with van der Waals surface area (Å²) in [7, 11) is 0. The molecule has 0 radical (unpaired) electrons. The Kier molecular flexibility index (Phi) is 5.92. The third kappa shape index (κ3) is 4.89. The molecule has 1 atom stereocenters. The molecule has 1 heterocycles. The zero-order valence-electron chi connectivity index (χ0n) is 15.2. The summed E-state index contributed by atoms with van der Waals surface area (Å²) in [5.41, 5.74) is 1.79. The van der Waals surface area contributed by atoms with Crippen LogP contribution in [0.1, 0.15) is 18.1 Å². The second-order valence-corrected chi connectivity index (χ2v) is 5.99. The quantitative estimate of drug-likeness (QED) is 0.635. The summed E-state index contributed by atoms with van der Waals surface area (Å²) in [5, 5.41) is 11.4. The number of hydrogen-bond acceptors (Lipinski definition) is 6. The number of nitriles is 1. The van der Waals surface area contributed by atoms with E-state index < -0.39 is 18.0 Å². The second-order valence-electron chi connectivity index (χ2n) is 5.99. The average Bonchev–Trinajstić information content (AvgIpc) is 2.72. The fraction of sp³-hybridized carbons (Fsp3) is 0.190. The van der Waals surface area contributed by atoms with Gasteiger partial charge in [0.05, 0.1) is 11.6 Å². The van der Waals surface area contributed by atoms with Crippen molar-refractivity contribution >= 4 is 23.6 Å². The molecule has 0 saturated carbocycles. The number of rotatable bonds is 5. The number of carbonyl (C=O) groups excluding carboxylic acids is 2. The van der Waals surface area contributed by atoms with Gasteiger partial charge in [-0.15, -0.1) is 0 Å². The highest BCUT2D eigenvalue weighted by molar-refractivity contribution is 5.96. The predicted octanol–water partition coefficient (Wildman–Crippen LogP) is 2.91. The second kappa shape index (κ2) is 8.73. The van der Waals surface area contributed by atoms with Crippen molar-refractivity contribution in [2.75, 3.05) is 18.5 Å². The van der Waals surface area contributed by atoms with Crippen LogP contribution in [0, 0.1) is 11.3 Å². The van der Waals surface area contributed by atoms with Crippen molar-refractivity contribution in [3.05, 3.63) is 59.7 Å². The van der Waals surface area contributed by atoms with Crippen molar-refractivity contribution in [3.63, 3.8) is 0 Å². The molecule has 3 rings (SSSR count). The molecule has 1 N–H and O–H groups in total. The average molecular weight is 378 g/mol.